The second-order valence-corrected chi connectivity index (χ2v) is 7.86. The summed E-state index contributed by atoms with van der Waals surface area (Å²) in [5, 5.41) is 14.4. The number of carbonyl (C=O) groups is 1. The van der Waals surface area contributed by atoms with Crippen LogP contribution >= 0.6 is 27.3 Å². The topological polar surface area (TPSA) is 74.6 Å². The largest absolute Gasteiger partial charge is 0.507 e. The lowest BCUT2D eigenvalue weighted by atomic mass is 10.1. The molecule has 0 aliphatic rings. The van der Waals surface area contributed by atoms with Crippen LogP contribution in [0.3, 0.4) is 0 Å². The average molecular weight is 452 g/mol. The van der Waals surface area contributed by atoms with Gasteiger partial charge in [-0.05, 0) is 64.0 Å². The first-order valence-corrected chi connectivity index (χ1v) is 9.99. The van der Waals surface area contributed by atoms with Gasteiger partial charge in [-0.25, -0.2) is 10.4 Å². The fourth-order valence-electron chi connectivity index (χ4n) is 2.59. The van der Waals surface area contributed by atoms with Crippen LogP contribution in [-0.4, -0.2) is 22.2 Å². The predicted molar refractivity (Wildman–Crippen MR) is 116 cm³/mol. The molecule has 4 rings (SSSR count). The van der Waals surface area contributed by atoms with Crippen molar-refractivity contribution in [2.45, 2.75) is 0 Å². The fourth-order valence-corrected chi connectivity index (χ4v) is 3.96. The van der Waals surface area contributed by atoms with E-state index in [-0.39, 0.29) is 11.7 Å². The minimum atomic E-state index is -0.301. The summed E-state index contributed by atoms with van der Waals surface area (Å²) >= 11 is 4.86. The van der Waals surface area contributed by atoms with Gasteiger partial charge in [-0.15, -0.1) is 11.3 Å². The van der Waals surface area contributed by atoms with Crippen molar-refractivity contribution in [2.75, 3.05) is 0 Å². The Kier molecular flexibility index (Phi) is 5.18. The molecular weight excluding hydrogens is 438 g/mol. The number of amides is 1. The second kappa shape index (κ2) is 7.92. The number of para-hydroxylation sites is 1. The van der Waals surface area contributed by atoms with Crippen LogP contribution in [0.15, 0.2) is 76.3 Å². The van der Waals surface area contributed by atoms with E-state index in [1.54, 1.807) is 41.7 Å². The molecule has 0 aliphatic heterocycles. The number of phenols is 1. The quantitative estimate of drug-likeness (QED) is 0.330. The third-order valence-corrected chi connectivity index (χ3v) is 5.76. The van der Waals surface area contributed by atoms with Crippen LogP contribution < -0.4 is 5.43 Å². The molecule has 0 saturated carbocycles. The van der Waals surface area contributed by atoms with Crippen molar-refractivity contribution < 1.29 is 9.90 Å². The van der Waals surface area contributed by atoms with Crippen LogP contribution in [-0.2, 0) is 0 Å². The van der Waals surface area contributed by atoms with Gasteiger partial charge in [-0.3, -0.25) is 4.79 Å². The Morgan fingerprint density at radius 1 is 1.11 bits per heavy atom. The van der Waals surface area contributed by atoms with Gasteiger partial charge in [0.25, 0.3) is 5.91 Å². The molecule has 2 N–H and O–H groups in total. The molecule has 0 unspecified atom stereocenters. The monoisotopic (exact) mass is 451 g/mol. The predicted octanol–water partition coefficient (Wildman–Crippen LogP) is 5.20. The van der Waals surface area contributed by atoms with Crippen LogP contribution in [0.25, 0.3) is 20.8 Å². The van der Waals surface area contributed by atoms with Gasteiger partial charge in [-0.1, -0.05) is 24.3 Å². The zero-order valence-corrected chi connectivity index (χ0v) is 16.9. The molecule has 0 atom stereocenters. The van der Waals surface area contributed by atoms with Crippen molar-refractivity contribution in [1.29, 1.82) is 0 Å². The molecule has 1 aromatic heterocycles. The van der Waals surface area contributed by atoms with Crippen molar-refractivity contribution in [1.82, 2.24) is 10.4 Å². The Hall–Kier alpha value is -3.03. The standard InChI is InChI=1S/C21H14BrN3O2S/c22-16-11-13(5-10-18(16)26)12-23-25-20(27)14-6-8-15(9-7-14)21-24-17-3-1-2-4-19(17)28-21/h1-12,26H,(H,25,27)/b23-12+. The third kappa shape index (κ3) is 3.95. The number of hydrogen-bond acceptors (Lipinski definition) is 5. The smallest absolute Gasteiger partial charge is 0.271 e. The molecule has 1 amide bonds. The third-order valence-electron chi connectivity index (χ3n) is 4.04. The Balaban J connectivity index is 1.45. The Bertz CT molecular complexity index is 1150. The SMILES string of the molecule is O=C(N/N=C/c1ccc(O)c(Br)c1)c1ccc(-c2nc3ccccc3s2)cc1. The van der Waals surface area contributed by atoms with E-state index in [4.69, 9.17) is 0 Å². The van der Waals surface area contributed by atoms with Gasteiger partial charge in [0.1, 0.15) is 10.8 Å². The Morgan fingerprint density at radius 3 is 2.64 bits per heavy atom. The van der Waals surface area contributed by atoms with Crippen molar-refractivity contribution in [3.63, 3.8) is 0 Å². The van der Waals surface area contributed by atoms with Gasteiger partial charge in [0.15, 0.2) is 0 Å². The zero-order valence-electron chi connectivity index (χ0n) is 14.5. The lowest BCUT2D eigenvalue weighted by molar-refractivity contribution is 0.0955. The number of fused-ring (bicyclic) bond motifs is 1. The van der Waals surface area contributed by atoms with E-state index in [0.29, 0.717) is 10.0 Å². The summed E-state index contributed by atoms with van der Waals surface area (Å²) in [5.74, 6) is -0.153. The number of nitrogens with one attached hydrogen (secondary N) is 1. The van der Waals surface area contributed by atoms with E-state index in [1.165, 1.54) is 6.21 Å². The highest BCUT2D eigenvalue weighted by Crippen LogP contribution is 2.30. The lowest BCUT2D eigenvalue weighted by Crippen LogP contribution is -2.17. The number of thiazole rings is 1. The van der Waals surface area contributed by atoms with Crippen molar-refractivity contribution in [2.24, 2.45) is 5.10 Å². The summed E-state index contributed by atoms with van der Waals surface area (Å²) in [4.78, 5) is 16.9. The second-order valence-electron chi connectivity index (χ2n) is 5.97. The number of phenolic OH excluding ortho intramolecular Hbond substituents is 1. The van der Waals surface area contributed by atoms with Crippen LogP contribution in [0.4, 0.5) is 0 Å². The number of carbonyl (C=O) groups excluding carboxylic acids is 1. The van der Waals surface area contributed by atoms with Gasteiger partial charge in [0.05, 0.1) is 20.9 Å². The summed E-state index contributed by atoms with van der Waals surface area (Å²) in [6, 6.07) is 20.2. The molecule has 138 valence electrons. The fraction of sp³-hybridized carbons (Fsp3) is 0. The van der Waals surface area contributed by atoms with Crippen LogP contribution in [0.2, 0.25) is 0 Å². The molecule has 5 nitrogen and oxygen atoms in total. The first kappa shape index (κ1) is 18.3. The zero-order chi connectivity index (χ0) is 19.5. The van der Waals surface area contributed by atoms with Crippen LogP contribution in [0, 0.1) is 0 Å². The minimum absolute atomic E-state index is 0.148. The highest BCUT2D eigenvalue weighted by atomic mass is 79.9. The van der Waals surface area contributed by atoms with Crippen molar-refractivity contribution in [3.8, 4) is 16.3 Å². The van der Waals surface area contributed by atoms with Gasteiger partial charge in [0.2, 0.25) is 0 Å². The van der Waals surface area contributed by atoms with E-state index in [2.05, 4.69) is 31.4 Å². The molecule has 0 spiro atoms. The summed E-state index contributed by atoms with van der Waals surface area (Å²) in [6.45, 7) is 0. The highest BCUT2D eigenvalue weighted by molar-refractivity contribution is 9.10. The summed E-state index contributed by atoms with van der Waals surface area (Å²) in [7, 11) is 0. The molecule has 3 aromatic carbocycles. The van der Waals surface area contributed by atoms with Crippen molar-refractivity contribution in [3.05, 3.63) is 82.3 Å². The normalized spacial score (nSPS) is 11.2. The molecular formula is C21H14BrN3O2S. The molecule has 0 radical (unpaired) electrons. The Labute approximate surface area is 173 Å². The summed E-state index contributed by atoms with van der Waals surface area (Å²) < 4.78 is 1.70. The number of hydrazone groups is 1. The van der Waals surface area contributed by atoms with Gasteiger partial charge in [-0.2, -0.15) is 5.10 Å². The van der Waals surface area contributed by atoms with E-state index in [0.717, 1.165) is 26.4 Å². The molecule has 7 heteroatoms. The lowest BCUT2D eigenvalue weighted by Gasteiger charge is -2.02. The van der Waals surface area contributed by atoms with Crippen LogP contribution in [0.5, 0.6) is 5.75 Å². The molecule has 0 fully saturated rings. The van der Waals surface area contributed by atoms with Gasteiger partial charge < -0.3 is 5.11 Å². The number of aromatic nitrogens is 1. The molecule has 0 bridgehead atoms. The number of hydrogen-bond donors (Lipinski definition) is 2. The summed E-state index contributed by atoms with van der Waals surface area (Å²) in [6.07, 6.45) is 1.51. The van der Waals surface area contributed by atoms with Crippen molar-refractivity contribution >= 4 is 49.6 Å². The first-order chi connectivity index (χ1) is 13.6. The molecule has 1 heterocycles. The van der Waals surface area contributed by atoms with Gasteiger partial charge in [0, 0.05) is 11.1 Å². The Morgan fingerprint density at radius 2 is 1.89 bits per heavy atom. The molecule has 4 aromatic rings. The number of rotatable bonds is 4. The summed E-state index contributed by atoms with van der Waals surface area (Å²) in [5.41, 5.74) is 5.70. The minimum Gasteiger partial charge on any atom is -0.507 e. The average Bonchev–Trinajstić information content (AvgIpc) is 3.15. The maximum atomic E-state index is 12.3. The number of benzene rings is 3. The highest BCUT2D eigenvalue weighted by Gasteiger charge is 2.08. The first-order valence-electron chi connectivity index (χ1n) is 8.38. The molecule has 28 heavy (non-hydrogen) atoms. The molecule has 0 saturated heterocycles. The van der Waals surface area contributed by atoms with Gasteiger partial charge >= 0.3 is 0 Å². The van der Waals surface area contributed by atoms with E-state index in [1.807, 2.05) is 36.4 Å². The number of aromatic hydroxyl groups is 1. The molecule has 0 aliphatic carbocycles. The maximum Gasteiger partial charge on any atom is 0.271 e. The van der Waals surface area contributed by atoms with E-state index >= 15 is 0 Å². The van der Waals surface area contributed by atoms with E-state index in [9.17, 15) is 9.90 Å². The maximum absolute atomic E-state index is 12.3. The van der Waals surface area contributed by atoms with E-state index < -0.39 is 0 Å². The number of nitrogens with zero attached hydrogens (tertiary/aromatic N) is 2. The van der Waals surface area contributed by atoms with Crippen LogP contribution in [0.1, 0.15) is 15.9 Å². The number of halogens is 1.